The van der Waals surface area contributed by atoms with Crippen LogP contribution in [0.3, 0.4) is 0 Å². The number of nitriles is 1. The Bertz CT molecular complexity index is 2030. The van der Waals surface area contributed by atoms with Crippen molar-refractivity contribution in [3.8, 4) is 6.07 Å². The molecule has 0 saturated heterocycles. The van der Waals surface area contributed by atoms with Crippen molar-refractivity contribution in [1.82, 2.24) is 19.7 Å². The molecule has 4 heterocycles. The molecule has 3 aromatic heterocycles. The van der Waals surface area contributed by atoms with Crippen LogP contribution in [0, 0.1) is 11.3 Å². The summed E-state index contributed by atoms with van der Waals surface area (Å²) < 4.78 is 57.9. The van der Waals surface area contributed by atoms with Gasteiger partial charge in [-0.15, -0.1) is 0 Å². The molecule has 1 aliphatic heterocycles. The first-order valence-electron chi connectivity index (χ1n) is 12.4. The molecule has 5 aromatic rings. The Hall–Kier alpha value is -4.96. The maximum atomic E-state index is 14.9. The van der Waals surface area contributed by atoms with Gasteiger partial charge in [0.25, 0.3) is 11.8 Å². The Kier molecular flexibility index (Phi) is 5.97. The highest BCUT2D eigenvalue weighted by atomic mass is 32.2. The second-order valence-corrected chi connectivity index (χ2v) is 11.8. The second kappa shape index (κ2) is 9.31. The van der Waals surface area contributed by atoms with E-state index in [1.54, 1.807) is 36.1 Å². The molecule has 1 amide bonds. The van der Waals surface area contributed by atoms with Gasteiger partial charge in [0.1, 0.15) is 17.6 Å². The lowest BCUT2D eigenvalue weighted by Crippen LogP contribution is -2.35. The molecule has 0 fully saturated rings. The SMILES string of the molecule is Cn1ncc2c(N)nc3cc(CN(C(=O)c4ccc(C#N)nc4)c4cccc5c4S(=O)(=O)CCC5(F)F)ccc3c21. The van der Waals surface area contributed by atoms with Gasteiger partial charge in [0, 0.05) is 30.6 Å². The summed E-state index contributed by atoms with van der Waals surface area (Å²) in [7, 11) is -2.37. The van der Waals surface area contributed by atoms with Crippen molar-refractivity contribution in [3.63, 3.8) is 0 Å². The highest BCUT2D eigenvalue weighted by Gasteiger charge is 2.45. The Morgan fingerprint density at radius 2 is 1.98 bits per heavy atom. The first-order chi connectivity index (χ1) is 19.5. The number of benzene rings is 2. The first-order valence-corrected chi connectivity index (χ1v) is 14.1. The van der Waals surface area contributed by atoms with Crippen LogP contribution in [-0.4, -0.2) is 39.8 Å². The van der Waals surface area contributed by atoms with Gasteiger partial charge >= 0.3 is 0 Å². The molecule has 0 bridgehead atoms. The highest BCUT2D eigenvalue weighted by molar-refractivity contribution is 7.91. The molecule has 0 aliphatic carbocycles. The van der Waals surface area contributed by atoms with Gasteiger partial charge in [-0.3, -0.25) is 9.48 Å². The van der Waals surface area contributed by atoms with Crippen LogP contribution < -0.4 is 10.6 Å². The van der Waals surface area contributed by atoms with Crippen molar-refractivity contribution in [1.29, 1.82) is 5.26 Å². The topological polar surface area (TPSA) is 148 Å². The lowest BCUT2D eigenvalue weighted by molar-refractivity contribution is -0.0126. The van der Waals surface area contributed by atoms with Crippen molar-refractivity contribution >= 4 is 49.1 Å². The molecule has 0 spiro atoms. The summed E-state index contributed by atoms with van der Waals surface area (Å²) in [6.45, 7) is -0.183. The van der Waals surface area contributed by atoms with Crippen LogP contribution in [0.2, 0.25) is 0 Å². The fourth-order valence-corrected chi connectivity index (χ4v) is 6.92. The van der Waals surface area contributed by atoms with Gasteiger partial charge in [0.05, 0.1) is 51.1 Å². The fraction of sp³-hybridized carbons (Fsp3) is 0.179. The number of aryl methyl sites for hydroxylation is 1. The van der Waals surface area contributed by atoms with Crippen LogP contribution in [0.1, 0.15) is 33.6 Å². The number of nitrogen functional groups attached to an aromatic ring is 1. The van der Waals surface area contributed by atoms with Crippen LogP contribution >= 0.6 is 0 Å². The van der Waals surface area contributed by atoms with Crippen molar-refractivity contribution in [2.75, 3.05) is 16.4 Å². The molecule has 206 valence electrons. The predicted octanol–water partition coefficient (Wildman–Crippen LogP) is 4.09. The van der Waals surface area contributed by atoms with E-state index in [9.17, 15) is 22.0 Å². The minimum absolute atomic E-state index is 0.0429. The van der Waals surface area contributed by atoms with E-state index in [-0.39, 0.29) is 29.3 Å². The number of fused-ring (bicyclic) bond motifs is 4. The van der Waals surface area contributed by atoms with Gasteiger partial charge in [-0.1, -0.05) is 24.3 Å². The molecule has 6 rings (SSSR count). The van der Waals surface area contributed by atoms with Crippen molar-refractivity contribution in [2.24, 2.45) is 7.05 Å². The summed E-state index contributed by atoms with van der Waals surface area (Å²) in [4.78, 5) is 22.9. The Morgan fingerprint density at radius 1 is 1.17 bits per heavy atom. The molecule has 0 atom stereocenters. The third kappa shape index (κ3) is 4.33. The Balaban J connectivity index is 1.53. The van der Waals surface area contributed by atoms with Crippen LogP contribution in [0.4, 0.5) is 20.3 Å². The quantitative estimate of drug-likeness (QED) is 0.338. The lowest BCUT2D eigenvalue weighted by Gasteiger charge is -2.31. The number of carbonyl (C=O) groups is 1. The number of aromatic nitrogens is 4. The van der Waals surface area contributed by atoms with E-state index in [0.29, 0.717) is 16.5 Å². The van der Waals surface area contributed by atoms with Gasteiger partial charge in [-0.25, -0.2) is 27.2 Å². The smallest absolute Gasteiger partial charge is 0.275 e. The van der Waals surface area contributed by atoms with Gasteiger partial charge in [0.2, 0.25) is 0 Å². The maximum Gasteiger partial charge on any atom is 0.275 e. The van der Waals surface area contributed by atoms with Crippen molar-refractivity contribution < 1.29 is 22.0 Å². The average Bonchev–Trinajstić information content (AvgIpc) is 3.36. The number of alkyl halides is 2. The minimum Gasteiger partial charge on any atom is -0.383 e. The number of nitrogens with two attached hydrogens (primary N) is 1. The van der Waals surface area contributed by atoms with Crippen molar-refractivity contribution in [3.05, 3.63) is 83.3 Å². The normalized spacial score (nSPS) is 15.4. The van der Waals surface area contributed by atoms with E-state index in [1.807, 2.05) is 6.07 Å². The van der Waals surface area contributed by atoms with E-state index < -0.39 is 44.3 Å². The van der Waals surface area contributed by atoms with E-state index in [4.69, 9.17) is 11.0 Å². The molecule has 13 heteroatoms. The van der Waals surface area contributed by atoms with Crippen LogP contribution in [0.5, 0.6) is 0 Å². The standard InChI is InChI=1S/C28H21F2N7O3S/c1-36-24-19-8-5-16(11-22(19)35-26(32)20(24)14-34-36)15-37(27(38)17-6-7-18(12-31)33-13-17)23-4-2-3-21-25(23)41(39,40)10-9-28(21,29)30/h2-8,11,13-14H,9-10,15H2,1H3,(H2,32,35). The zero-order chi connectivity index (χ0) is 29.1. The molecule has 10 nitrogen and oxygen atoms in total. The number of nitrogens with zero attached hydrogens (tertiary/aromatic N) is 6. The van der Waals surface area contributed by atoms with Crippen LogP contribution in [-0.2, 0) is 29.4 Å². The first kappa shape index (κ1) is 26.3. The van der Waals surface area contributed by atoms with Gasteiger partial charge in [-0.2, -0.15) is 10.4 Å². The summed E-state index contributed by atoms with van der Waals surface area (Å²) >= 11 is 0. The molecule has 2 N–H and O–H groups in total. The predicted molar refractivity (Wildman–Crippen MR) is 147 cm³/mol. The largest absolute Gasteiger partial charge is 0.383 e. The van der Waals surface area contributed by atoms with Gasteiger partial charge < -0.3 is 10.6 Å². The number of hydrogen-bond acceptors (Lipinski definition) is 8. The Morgan fingerprint density at radius 3 is 2.71 bits per heavy atom. The molecule has 0 radical (unpaired) electrons. The van der Waals surface area contributed by atoms with Gasteiger partial charge in [0.15, 0.2) is 9.84 Å². The van der Waals surface area contributed by atoms with Crippen LogP contribution in [0.25, 0.3) is 21.8 Å². The summed E-state index contributed by atoms with van der Waals surface area (Å²) in [6, 6.07) is 13.5. The fourth-order valence-electron chi connectivity index (χ4n) is 5.15. The molecule has 41 heavy (non-hydrogen) atoms. The van der Waals surface area contributed by atoms with E-state index in [2.05, 4.69) is 15.1 Å². The zero-order valence-corrected chi connectivity index (χ0v) is 22.4. The molecule has 2 aromatic carbocycles. The van der Waals surface area contributed by atoms with Crippen LogP contribution in [0.15, 0.2) is 65.8 Å². The monoisotopic (exact) mass is 573 g/mol. The third-order valence-corrected chi connectivity index (χ3v) is 8.95. The summed E-state index contributed by atoms with van der Waals surface area (Å²) in [5.74, 6) is -4.57. The number of amides is 1. The average molecular weight is 574 g/mol. The number of anilines is 2. The summed E-state index contributed by atoms with van der Waals surface area (Å²) in [5.41, 5.74) is 7.27. The highest BCUT2D eigenvalue weighted by Crippen LogP contribution is 2.45. The second-order valence-electron chi connectivity index (χ2n) is 9.74. The number of rotatable bonds is 4. The zero-order valence-electron chi connectivity index (χ0n) is 21.5. The molecule has 1 aliphatic rings. The number of sulfone groups is 1. The van der Waals surface area contributed by atoms with E-state index in [0.717, 1.165) is 21.9 Å². The lowest BCUT2D eigenvalue weighted by atomic mass is 10.0. The van der Waals surface area contributed by atoms with E-state index >= 15 is 0 Å². The molecule has 0 unspecified atom stereocenters. The molecule has 0 saturated carbocycles. The van der Waals surface area contributed by atoms with E-state index in [1.165, 1.54) is 30.5 Å². The number of carbonyl (C=O) groups excluding carboxylic acids is 1. The Labute approximate surface area is 232 Å². The number of hydrogen-bond donors (Lipinski definition) is 1. The molecular formula is C28H21F2N7O3S. The number of pyridine rings is 2. The summed E-state index contributed by atoms with van der Waals surface area (Å²) in [5, 5.41) is 14.8. The third-order valence-electron chi connectivity index (χ3n) is 7.16. The maximum absolute atomic E-state index is 14.9. The summed E-state index contributed by atoms with van der Waals surface area (Å²) in [6.07, 6.45) is 1.96. The van der Waals surface area contributed by atoms with Gasteiger partial charge in [-0.05, 0) is 29.8 Å². The molecular weight excluding hydrogens is 552 g/mol. The van der Waals surface area contributed by atoms with Crippen molar-refractivity contribution in [2.45, 2.75) is 23.8 Å². The minimum atomic E-state index is -4.14. The number of halogens is 2.